The highest BCUT2D eigenvalue weighted by Gasteiger charge is 2.59. The van der Waals surface area contributed by atoms with Gasteiger partial charge in [0.1, 0.15) is 5.75 Å². The number of carboxylic acid groups (broad SMARTS) is 1. The maximum absolute atomic E-state index is 13.5. The molecule has 32 heavy (non-hydrogen) atoms. The number of benzene rings is 1. The zero-order valence-electron chi connectivity index (χ0n) is 19.4. The van der Waals surface area contributed by atoms with Crippen molar-refractivity contribution in [3.8, 4) is 5.75 Å². The van der Waals surface area contributed by atoms with Crippen molar-refractivity contribution in [1.29, 1.82) is 0 Å². The normalized spacial score (nSPS) is 38.0. The van der Waals surface area contributed by atoms with Gasteiger partial charge >= 0.3 is 5.97 Å². The number of hydrogen-bond donors (Lipinski definition) is 1. The van der Waals surface area contributed by atoms with Crippen LogP contribution in [0.1, 0.15) is 69.2 Å². The van der Waals surface area contributed by atoms with Crippen LogP contribution in [0.25, 0.3) is 0 Å². The maximum atomic E-state index is 13.5. The number of fused-ring (bicyclic) bond motifs is 5. The van der Waals surface area contributed by atoms with E-state index in [1.165, 1.54) is 5.57 Å². The van der Waals surface area contributed by atoms with Crippen LogP contribution in [0, 0.1) is 34.5 Å². The van der Waals surface area contributed by atoms with E-state index >= 15 is 0 Å². The van der Waals surface area contributed by atoms with E-state index in [1.54, 1.807) is 7.11 Å². The largest absolute Gasteiger partial charge is 0.497 e. The Balaban J connectivity index is 1.41. The van der Waals surface area contributed by atoms with Crippen molar-refractivity contribution in [2.45, 2.75) is 58.8 Å². The van der Waals surface area contributed by atoms with Crippen LogP contribution in [0.2, 0.25) is 0 Å². The first-order chi connectivity index (χ1) is 15.3. The zero-order chi connectivity index (χ0) is 22.7. The topological polar surface area (TPSA) is 63.6 Å². The summed E-state index contributed by atoms with van der Waals surface area (Å²) in [4.78, 5) is 25.1. The Labute approximate surface area is 190 Å². The highest BCUT2D eigenvalue weighted by atomic mass is 16.5. The SMILES string of the molecule is COc1ccc(C(=O)[C@H]2CC[C@H]3[C@@H]4CC=C5C=C(C(=O)O)CC[C@]5(C)[C@H]4CC[C@]23C)cc1. The van der Waals surface area contributed by atoms with Crippen LogP contribution < -0.4 is 4.74 Å². The van der Waals surface area contributed by atoms with Crippen molar-refractivity contribution in [3.63, 3.8) is 0 Å². The molecule has 1 N–H and O–H groups in total. The molecule has 0 spiro atoms. The average Bonchev–Trinajstić information content (AvgIpc) is 3.15. The van der Waals surface area contributed by atoms with Gasteiger partial charge in [0.15, 0.2) is 5.78 Å². The molecule has 2 saturated carbocycles. The number of rotatable bonds is 4. The molecule has 0 aliphatic heterocycles. The molecule has 0 radical (unpaired) electrons. The number of Topliss-reactive ketones (excluding diaryl/α,β-unsaturated/α-hetero) is 1. The molecule has 0 unspecified atom stereocenters. The smallest absolute Gasteiger partial charge is 0.331 e. The molecule has 4 heteroatoms. The number of allylic oxidation sites excluding steroid dienone is 3. The second-order valence-corrected chi connectivity index (χ2v) is 10.9. The van der Waals surface area contributed by atoms with Crippen LogP contribution in [0.5, 0.6) is 5.75 Å². The molecule has 4 nitrogen and oxygen atoms in total. The van der Waals surface area contributed by atoms with Crippen molar-refractivity contribution in [2.24, 2.45) is 34.5 Å². The summed E-state index contributed by atoms with van der Waals surface area (Å²) in [7, 11) is 1.65. The van der Waals surface area contributed by atoms with E-state index < -0.39 is 5.97 Å². The minimum atomic E-state index is -0.776. The van der Waals surface area contributed by atoms with E-state index in [1.807, 2.05) is 30.3 Å². The van der Waals surface area contributed by atoms with Gasteiger partial charge in [0, 0.05) is 17.1 Å². The predicted octanol–water partition coefficient (Wildman–Crippen LogP) is 6.08. The molecule has 1 aromatic rings. The molecule has 2 fully saturated rings. The number of hydrogen-bond acceptors (Lipinski definition) is 3. The third kappa shape index (κ3) is 3.09. The highest BCUT2D eigenvalue weighted by molar-refractivity contribution is 5.98. The molecule has 6 atom stereocenters. The second-order valence-electron chi connectivity index (χ2n) is 10.9. The minimum Gasteiger partial charge on any atom is -0.497 e. The van der Waals surface area contributed by atoms with E-state index in [0.29, 0.717) is 35.5 Å². The molecule has 0 amide bonds. The lowest BCUT2D eigenvalue weighted by atomic mass is 9.47. The Morgan fingerprint density at radius 3 is 2.47 bits per heavy atom. The number of carboxylic acids is 1. The molecule has 170 valence electrons. The monoisotopic (exact) mass is 434 g/mol. The van der Waals surface area contributed by atoms with E-state index in [2.05, 4.69) is 19.9 Å². The predicted molar refractivity (Wildman–Crippen MR) is 124 cm³/mol. The summed E-state index contributed by atoms with van der Waals surface area (Å²) in [6, 6.07) is 7.59. The zero-order valence-corrected chi connectivity index (χ0v) is 19.4. The molecule has 4 aliphatic carbocycles. The minimum absolute atomic E-state index is 0.0522. The van der Waals surface area contributed by atoms with Gasteiger partial charge in [-0.2, -0.15) is 0 Å². The van der Waals surface area contributed by atoms with Crippen LogP contribution in [-0.4, -0.2) is 24.0 Å². The highest BCUT2D eigenvalue weighted by Crippen LogP contribution is 2.66. The standard InChI is InChI=1S/C28H34O4/c1-27-14-12-18(26(30)31)16-19(27)6-9-21-22-10-11-24(28(22,2)15-13-23(21)27)25(29)17-4-7-20(32-3)8-5-17/h4-8,16,21-24H,9-15H2,1-3H3,(H,30,31)/t21-,22-,23-,24+,27-,28-/m0/s1. The van der Waals surface area contributed by atoms with E-state index in [0.717, 1.165) is 49.8 Å². The molecule has 0 bridgehead atoms. The second kappa shape index (κ2) is 7.60. The fourth-order valence-electron chi connectivity index (χ4n) is 7.88. The quantitative estimate of drug-likeness (QED) is 0.584. The lowest BCUT2D eigenvalue weighted by molar-refractivity contribution is -0.133. The van der Waals surface area contributed by atoms with E-state index in [4.69, 9.17) is 4.74 Å². The van der Waals surface area contributed by atoms with Gasteiger partial charge < -0.3 is 9.84 Å². The Bertz CT molecular complexity index is 1000. The Kier molecular flexibility index (Phi) is 5.11. The number of carbonyl (C=O) groups is 2. The fraction of sp³-hybridized carbons (Fsp3) is 0.571. The van der Waals surface area contributed by atoms with E-state index in [-0.39, 0.29) is 16.7 Å². The van der Waals surface area contributed by atoms with Gasteiger partial charge in [-0.15, -0.1) is 0 Å². The lowest BCUT2D eigenvalue weighted by Gasteiger charge is -2.57. The molecule has 5 rings (SSSR count). The van der Waals surface area contributed by atoms with Crippen LogP contribution in [-0.2, 0) is 4.79 Å². The van der Waals surface area contributed by atoms with Gasteiger partial charge in [0.05, 0.1) is 7.11 Å². The first-order valence-corrected chi connectivity index (χ1v) is 12.1. The van der Waals surface area contributed by atoms with Crippen molar-refractivity contribution >= 4 is 11.8 Å². The molecule has 0 saturated heterocycles. The molecule has 0 heterocycles. The summed E-state index contributed by atoms with van der Waals surface area (Å²) in [5, 5.41) is 9.47. The summed E-state index contributed by atoms with van der Waals surface area (Å²) >= 11 is 0. The lowest BCUT2D eigenvalue weighted by Crippen LogP contribution is -2.50. The summed E-state index contributed by atoms with van der Waals surface area (Å²) in [6.45, 7) is 4.74. The number of aliphatic carboxylic acids is 1. The fourth-order valence-corrected chi connectivity index (χ4v) is 7.88. The van der Waals surface area contributed by atoms with E-state index in [9.17, 15) is 14.7 Å². The van der Waals surface area contributed by atoms with Gasteiger partial charge in [0.25, 0.3) is 0 Å². The van der Waals surface area contributed by atoms with Crippen LogP contribution >= 0.6 is 0 Å². The maximum Gasteiger partial charge on any atom is 0.331 e. The number of methoxy groups -OCH3 is 1. The van der Waals surface area contributed by atoms with Crippen molar-refractivity contribution in [2.75, 3.05) is 7.11 Å². The molecule has 1 aromatic carbocycles. The van der Waals surface area contributed by atoms with Crippen LogP contribution in [0.3, 0.4) is 0 Å². The van der Waals surface area contributed by atoms with Gasteiger partial charge in [-0.3, -0.25) is 4.79 Å². The van der Waals surface area contributed by atoms with Crippen molar-refractivity contribution in [1.82, 2.24) is 0 Å². The summed E-state index contributed by atoms with van der Waals surface area (Å²) in [5.41, 5.74) is 2.72. The number of carbonyl (C=O) groups excluding carboxylic acids is 1. The summed E-state index contributed by atoms with van der Waals surface area (Å²) in [5.74, 6) is 2.13. The van der Waals surface area contributed by atoms with Gasteiger partial charge in [-0.1, -0.05) is 19.9 Å². The van der Waals surface area contributed by atoms with Gasteiger partial charge in [-0.25, -0.2) is 4.79 Å². The first kappa shape index (κ1) is 21.5. The third-order valence-corrected chi connectivity index (χ3v) is 9.73. The number of ketones is 1. The van der Waals surface area contributed by atoms with Crippen molar-refractivity contribution < 1.29 is 19.4 Å². The van der Waals surface area contributed by atoms with Crippen LogP contribution in [0.15, 0.2) is 47.6 Å². The van der Waals surface area contributed by atoms with Crippen LogP contribution in [0.4, 0.5) is 0 Å². The van der Waals surface area contributed by atoms with Crippen molar-refractivity contribution in [3.05, 3.63) is 53.1 Å². The molecular weight excluding hydrogens is 400 g/mol. The summed E-state index contributed by atoms with van der Waals surface area (Å²) in [6.07, 6.45) is 11.2. The Hall–Kier alpha value is -2.36. The third-order valence-electron chi connectivity index (χ3n) is 9.73. The van der Waals surface area contributed by atoms with Gasteiger partial charge in [-0.05, 0) is 109 Å². The Morgan fingerprint density at radius 2 is 1.78 bits per heavy atom. The molecule has 0 aromatic heterocycles. The van der Waals surface area contributed by atoms with Gasteiger partial charge in [0.2, 0.25) is 0 Å². The molecule has 4 aliphatic rings. The Morgan fingerprint density at radius 1 is 1.03 bits per heavy atom. The molecular formula is C28H34O4. The summed E-state index contributed by atoms with van der Waals surface area (Å²) < 4.78 is 5.26. The average molecular weight is 435 g/mol. The number of ether oxygens (including phenoxy) is 1. The first-order valence-electron chi connectivity index (χ1n) is 12.1.